The summed E-state index contributed by atoms with van der Waals surface area (Å²) in [5.74, 6) is -1.11. The molecule has 0 radical (unpaired) electrons. The molecule has 0 unspecified atom stereocenters. The van der Waals surface area contributed by atoms with Gasteiger partial charge in [-0.3, -0.25) is 9.52 Å². The smallest absolute Gasteiger partial charge is 0.328 e. The third-order valence-corrected chi connectivity index (χ3v) is 5.06. The monoisotopic (exact) mass is 420 g/mol. The number of amides is 1. The average Bonchev–Trinajstić information content (AvgIpc) is 2.66. The lowest BCUT2D eigenvalue weighted by Crippen LogP contribution is -2.17. The summed E-state index contributed by atoms with van der Waals surface area (Å²) in [6.07, 6.45) is 2.15. The molecular formula is C19H20N2O7S. The first-order valence-electron chi connectivity index (χ1n) is 8.23. The van der Waals surface area contributed by atoms with Gasteiger partial charge in [-0.15, -0.1) is 0 Å². The van der Waals surface area contributed by atoms with E-state index in [9.17, 15) is 18.0 Å². The maximum absolute atomic E-state index is 13.0. The van der Waals surface area contributed by atoms with Crippen molar-refractivity contribution in [2.75, 3.05) is 24.3 Å². The van der Waals surface area contributed by atoms with Crippen molar-refractivity contribution in [1.82, 2.24) is 0 Å². The summed E-state index contributed by atoms with van der Waals surface area (Å²) in [4.78, 5) is 21.9. The van der Waals surface area contributed by atoms with Crippen LogP contribution >= 0.6 is 0 Å². The normalized spacial score (nSPS) is 11.1. The highest BCUT2D eigenvalue weighted by Gasteiger charge is 2.22. The number of carboxylic acid groups (broad SMARTS) is 1. The second-order valence-corrected chi connectivity index (χ2v) is 7.43. The van der Waals surface area contributed by atoms with Gasteiger partial charge in [-0.1, -0.05) is 6.07 Å². The zero-order valence-corrected chi connectivity index (χ0v) is 16.7. The Labute approximate surface area is 168 Å². The molecule has 2 aromatic rings. The minimum atomic E-state index is -4.16. The van der Waals surface area contributed by atoms with Gasteiger partial charge in [0.15, 0.2) is 0 Å². The zero-order valence-electron chi connectivity index (χ0n) is 15.9. The van der Waals surface area contributed by atoms with Crippen molar-refractivity contribution in [3.63, 3.8) is 0 Å². The number of rotatable bonds is 8. The molecule has 0 bridgehead atoms. The number of hydrogen-bond acceptors (Lipinski definition) is 6. The summed E-state index contributed by atoms with van der Waals surface area (Å²) in [6.45, 7) is 1.30. The molecule has 0 aromatic heterocycles. The van der Waals surface area contributed by atoms with E-state index in [-0.39, 0.29) is 27.9 Å². The largest absolute Gasteiger partial charge is 0.497 e. The van der Waals surface area contributed by atoms with Gasteiger partial charge in [0, 0.05) is 19.1 Å². The molecule has 0 spiro atoms. The molecular weight excluding hydrogens is 400 g/mol. The van der Waals surface area contributed by atoms with Gasteiger partial charge in [0.25, 0.3) is 10.0 Å². The molecule has 0 fully saturated rings. The van der Waals surface area contributed by atoms with Gasteiger partial charge in [-0.25, -0.2) is 13.2 Å². The molecule has 2 aromatic carbocycles. The molecule has 1 amide bonds. The minimum Gasteiger partial charge on any atom is -0.497 e. The van der Waals surface area contributed by atoms with Crippen molar-refractivity contribution in [3.05, 3.63) is 48.0 Å². The second-order valence-electron chi connectivity index (χ2n) is 5.78. The second kappa shape index (κ2) is 9.11. The van der Waals surface area contributed by atoms with Crippen molar-refractivity contribution in [2.45, 2.75) is 11.8 Å². The topological polar surface area (TPSA) is 131 Å². The predicted octanol–water partition coefficient (Wildman–Crippen LogP) is 2.56. The lowest BCUT2D eigenvalue weighted by atomic mass is 10.2. The molecule has 3 N–H and O–H groups in total. The first kappa shape index (κ1) is 21.8. The van der Waals surface area contributed by atoms with E-state index in [0.717, 1.165) is 6.08 Å². The van der Waals surface area contributed by atoms with Crippen LogP contribution in [0.2, 0.25) is 0 Å². The number of carbonyl (C=O) groups excluding carboxylic acids is 1. The Bertz CT molecular complexity index is 1060. The number of hydrogen-bond donors (Lipinski definition) is 3. The van der Waals surface area contributed by atoms with Crippen molar-refractivity contribution in [1.29, 1.82) is 0 Å². The summed E-state index contributed by atoms with van der Waals surface area (Å²) in [6, 6.07) is 8.70. The summed E-state index contributed by atoms with van der Waals surface area (Å²) in [5.41, 5.74) is 0.678. The first-order chi connectivity index (χ1) is 13.7. The van der Waals surface area contributed by atoms with E-state index < -0.39 is 16.0 Å². The Hall–Kier alpha value is -3.53. The molecule has 0 aliphatic rings. The molecule has 0 atom stereocenters. The number of carboxylic acids is 1. The maximum atomic E-state index is 13.0. The Balaban J connectivity index is 2.52. The average molecular weight is 420 g/mol. The van der Waals surface area contributed by atoms with E-state index in [1.54, 1.807) is 6.07 Å². The third kappa shape index (κ3) is 5.72. The Morgan fingerprint density at radius 1 is 1.03 bits per heavy atom. The highest BCUT2D eigenvalue weighted by Crippen LogP contribution is 2.32. The zero-order chi connectivity index (χ0) is 21.6. The molecule has 29 heavy (non-hydrogen) atoms. The fourth-order valence-electron chi connectivity index (χ4n) is 2.41. The molecule has 2 rings (SSSR count). The standard InChI is InChI=1S/C19H20N2O7S/c1-12(22)20-15-7-6-14(27-2)11-16(15)21-29(25,26)18-10-13(5-9-19(23)24)4-8-17(18)28-3/h4-11,21H,1-3H3,(H,20,22)(H,23,24)/b9-5+. The SMILES string of the molecule is COc1ccc(NC(C)=O)c(NS(=O)(=O)c2cc(/C=C/C(=O)O)ccc2OC)c1. The molecule has 0 aliphatic carbocycles. The van der Waals surface area contributed by atoms with Crippen molar-refractivity contribution >= 4 is 39.4 Å². The van der Waals surface area contributed by atoms with Crippen LogP contribution in [0, 0.1) is 0 Å². The molecule has 0 saturated heterocycles. The van der Waals surface area contributed by atoms with Crippen LogP contribution < -0.4 is 19.5 Å². The van der Waals surface area contributed by atoms with Crippen LogP contribution in [-0.2, 0) is 19.6 Å². The lowest BCUT2D eigenvalue weighted by Gasteiger charge is -2.16. The molecule has 10 heteroatoms. The van der Waals surface area contributed by atoms with Crippen molar-refractivity contribution in [3.8, 4) is 11.5 Å². The molecule has 0 aliphatic heterocycles. The molecule has 0 saturated carbocycles. The quantitative estimate of drug-likeness (QED) is 0.559. The Kier molecular flexibility index (Phi) is 6.84. The van der Waals surface area contributed by atoms with Gasteiger partial charge < -0.3 is 19.9 Å². The fraction of sp³-hybridized carbons (Fsp3) is 0.158. The van der Waals surface area contributed by atoms with Gasteiger partial charge in [0.1, 0.15) is 16.4 Å². The first-order valence-corrected chi connectivity index (χ1v) is 9.72. The van der Waals surface area contributed by atoms with Crippen LogP contribution in [0.15, 0.2) is 47.4 Å². The van der Waals surface area contributed by atoms with Gasteiger partial charge in [-0.2, -0.15) is 0 Å². The van der Waals surface area contributed by atoms with Crippen LogP contribution in [0.1, 0.15) is 12.5 Å². The number of carbonyl (C=O) groups is 2. The van der Waals surface area contributed by atoms with E-state index in [2.05, 4.69) is 10.0 Å². The number of ether oxygens (including phenoxy) is 2. The number of sulfonamides is 1. The minimum absolute atomic E-state index is 0.0638. The van der Waals surface area contributed by atoms with E-state index in [1.807, 2.05) is 0 Å². The van der Waals surface area contributed by atoms with E-state index in [4.69, 9.17) is 14.6 Å². The number of methoxy groups -OCH3 is 2. The Morgan fingerprint density at radius 3 is 2.34 bits per heavy atom. The Morgan fingerprint density at radius 2 is 1.76 bits per heavy atom. The predicted molar refractivity (Wildman–Crippen MR) is 108 cm³/mol. The van der Waals surface area contributed by atoms with E-state index in [0.29, 0.717) is 11.3 Å². The molecule has 0 heterocycles. The summed E-state index contributed by atoms with van der Waals surface area (Å²) >= 11 is 0. The van der Waals surface area contributed by atoms with Crippen LogP contribution in [0.3, 0.4) is 0 Å². The van der Waals surface area contributed by atoms with Crippen LogP contribution in [0.25, 0.3) is 6.08 Å². The highest BCUT2D eigenvalue weighted by atomic mass is 32.2. The maximum Gasteiger partial charge on any atom is 0.328 e. The van der Waals surface area contributed by atoms with Gasteiger partial charge in [0.05, 0.1) is 25.6 Å². The fourth-order valence-corrected chi connectivity index (χ4v) is 3.68. The number of anilines is 2. The van der Waals surface area contributed by atoms with Crippen LogP contribution in [0.5, 0.6) is 11.5 Å². The number of nitrogens with one attached hydrogen (secondary N) is 2. The van der Waals surface area contributed by atoms with Crippen molar-refractivity contribution in [2.24, 2.45) is 0 Å². The highest BCUT2D eigenvalue weighted by molar-refractivity contribution is 7.92. The van der Waals surface area contributed by atoms with Crippen LogP contribution in [-0.4, -0.2) is 39.6 Å². The summed E-state index contributed by atoms with van der Waals surface area (Å²) in [5, 5.41) is 11.3. The van der Waals surface area contributed by atoms with Gasteiger partial charge in [-0.05, 0) is 35.9 Å². The van der Waals surface area contributed by atoms with Gasteiger partial charge in [0.2, 0.25) is 5.91 Å². The summed E-state index contributed by atoms with van der Waals surface area (Å²) < 4.78 is 38.7. The van der Waals surface area contributed by atoms with Crippen molar-refractivity contribution < 1.29 is 32.6 Å². The summed E-state index contributed by atoms with van der Waals surface area (Å²) in [7, 11) is -1.43. The van der Waals surface area contributed by atoms with E-state index >= 15 is 0 Å². The van der Waals surface area contributed by atoms with E-state index in [1.165, 1.54) is 57.6 Å². The number of benzene rings is 2. The number of aliphatic carboxylic acids is 1. The molecule has 154 valence electrons. The molecule has 9 nitrogen and oxygen atoms in total. The van der Waals surface area contributed by atoms with Crippen LogP contribution in [0.4, 0.5) is 11.4 Å². The van der Waals surface area contributed by atoms with Gasteiger partial charge >= 0.3 is 5.97 Å². The third-order valence-electron chi connectivity index (χ3n) is 3.68. The lowest BCUT2D eigenvalue weighted by molar-refractivity contribution is -0.131.